The summed E-state index contributed by atoms with van der Waals surface area (Å²) in [5.41, 5.74) is 7.53. The van der Waals surface area contributed by atoms with E-state index in [9.17, 15) is 22.8 Å². The van der Waals surface area contributed by atoms with E-state index in [-0.39, 0.29) is 37.1 Å². The maximum Gasteiger partial charge on any atom is 0.259 e. The number of amides is 3. The van der Waals surface area contributed by atoms with E-state index in [1.54, 1.807) is 0 Å². The van der Waals surface area contributed by atoms with Gasteiger partial charge in [-0.15, -0.1) is 11.3 Å². The Labute approximate surface area is 299 Å². The number of carbonyl (C=O) groups excluding carboxylic acids is 3. The third kappa shape index (κ3) is 6.69. The molecule has 3 fully saturated rings. The van der Waals surface area contributed by atoms with Crippen molar-refractivity contribution in [1.82, 2.24) is 29.9 Å². The zero-order valence-corrected chi connectivity index (χ0v) is 29.5. The molecule has 0 spiro atoms. The number of para-hydroxylation sites is 3. The molecule has 2 aliphatic carbocycles. The highest BCUT2D eigenvalue weighted by Crippen LogP contribution is 2.46. The lowest BCUT2D eigenvalue weighted by atomic mass is 10.1. The van der Waals surface area contributed by atoms with Crippen LogP contribution in [0.4, 0.5) is 0 Å². The molecule has 2 aliphatic heterocycles. The Kier molecular flexibility index (Phi) is 8.75. The second-order valence-corrected chi connectivity index (χ2v) is 16.9. The van der Waals surface area contributed by atoms with Gasteiger partial charge in [0, 0.05) is 12.3 Å². The standard InChI is InChI=1S/C36H39N7O6S2/c37-24-11-5-3-1-2-4-10-21-19-36(21,35(46)42-51(47,48)23-16-17-23)41-31(44)28-18-22(20-43(28)34(24)45)49-32-30(38-25-12-6-7-13-26(25)39-32)33-40-27-14-8-9-15-29(27)50-33/h4,6-10,12-15,21-24,28H,1-3,5,11,16-20,37H2,(H,41,44)(H,42,46)/t21-,22+,24-,28-,36+/m0/s1. The lowest BCUT2D eigenvalue weighted by Crippen LogP contribution is -2.57. The summed E-state index contributed by atoms with van der Waals surface area (Å²) in [6, 6.07) is 13.4. The number of ether oxygens (including phenoxy) is 1. The van der Waals surface area contributed by atoms with Crippen molar-refractivity contribution in [3.8, 4) is 16.6 Å². The van der Waals surface area contributed by atoms with Crippen LogP contribution in [-0.2, 0) is 24.4 Å². The number of nitrogens with zero attached hydrogens (tertiary/aromatic N) is 4. The van der Waals surface area contributed by atoms with Crippen molar-refractivity contribution in [2.45, 2.75) is 86.8 Å². The number of allylic oxidation sites excluding steroid dienone is 1. The quantitative estimate of drug-likeness (QED) is 0.248. The molecule has 0 radical (unpaired) electrons. The first-order valence-electron chi connectivity index (χ1n) is 17.5. The summed E-state index contributed by atoms with van der Waals surface area (Å²) in [4.78, 5) is 57.7. The van der Waals surface area contributed by atoms with Crippen molar-refractivity contribution in [1.29, 1.82) is 0 Å². The molecule has 51 heavy (non-hydrogen) atoms. The van der Waals surface area contributed by atoms with Gasteiger partial charge in [-0.1, -0.05) is 49.3 Å². The van der Waals surface area contributed by atoms with Crippen LogP contribution in [0.5, 0.6) is 5.88 Å². The van der Waals surface area contributed by atoms with Crippen LogP contribution in [0.2, 0.25) is 0 Å². The zero-order valence-electron chi connectivity index (χ0n) is 27.9. The number of nitrogens with one attached hydrogen (secondary N) is 2. The minimum Gasteiger partial charge on any atom is -0.471 e. The summed E-state index contributed by atoms with van der Waals surface area (Å²) in [5, 5.41) is 2.91. The topological polar surface area (TPSA) is 187 Å². The Hall–Kier alpha value is -4.47. The van der Waals surface area contributed by atoms with Crippen LogP contribution in [0, 0.1) is 5.92 Å². The Morgan fingerprint density at radius 1 is 0.980 bits per heavy atom. The maximum absolute atomic E-state index is 14.2. The number of hydrogen-bond acceptors (Lipinski definition) is 11. The number of carbonyl (C=O) groups is 3. The van der Waals surface area contributed by atoms with Gasteiger partial charge >= 0.3 is 0 Å². The summed E-state index contributed by atoms with van der Waals surface area (Å²) in [6.45, 7) is 0.0526. The van der Waals surface area contributed by atoms with Crippen LogP contribution in [0.1, 0.15) is 57.8 Å². The molecule has 4 heterocycles. The molecule has 5 atom stereocenters. The first kappa shape index (κ1) is 33.7. The molecular weight excluding hydrogens is 691 g/mol. The molecule has 8 rings (SSSR count). The lowest BCUT2D eigenvalue weighted by Gasteiger charge is -2.28. The molecule has 4 aliphatic rings. The van der Waals surface area contributed by atoms with Gasteiger partial charge in [-0.05, 0) is 62.8 Å². The SMILES string of the molecule is N[C@H]1CCCCCC=C[C@H]2C[C@@]2(C(=O)NS(=O)(=O)C2CC2)NC(=O)[C@@H]2C[C@@H](Oc3nc4ccccc4nc3-c3nc4ccccc4s3)CN2C1=O. The smallest absolute Gasteiger partial charge is 0.259 e. The summed E-state index contributed by atoms with van der Waals surface area (Å²) in [5.74, 6) is -1.86. The van der Waals surface area contributed by atoms with E-state index < -0.39 is 50.8 Å². The number of fused-ring (bicyclic) bond motifs is 4. The van der Waals surface area contributed by atoms with Gasteiger partial charge in [0.2, 0.25) is 27.7 Å². The van der Waals surface area contributed by atoms with E-state index in [0.29, 0.717) is 41.0 Å². The third-order valence-corrected chi connectivity index (χ3v) is 13.1. The van der Waals surface area contributed by atoms with Crippen LogP contribution in [0.25, 0.3) is 32.0 Å². The van der Waals surface area contributed by atoms with Crippen molar-refractivity contribution < 1.29 is 27.5 Å². The Balaban J connectivity index is 1.11. The predicted molar refractivity (Wildman–Crippen MR) is 192 cm³/mol. The molecule has 0 bridgehead atoms. The number of thiazole rings is 1. The van der Waals surface area contributed by atoms with Gasteiger partial charge in [-0.2, -0.15) is 0 Å². The van der Waals surface area contributed by atoms with Crippen molar-refractivity contribution in [2.24, 2.45) is 11.7 Å². The highest BCUT2D eigenvalue weighted by atomic mass is 32.2. The summed E-state index contributed by atoms with van der Waals surface area (Å²) < 4.78 is 35.3. The van der Waals surface area contributed by atoms with Crippen LogP contribution in [0.15, 0.2) is 60.7 Å². The van der Waals surface area contributed by atoms with Gasteiger partial charge in [-0.3, -0.25) is 19.1 Å². The monoisotopic (exact) mass is 729 g/mol. The van der Waals surface area contributed by atoms with Crippen molar-refractivity contribution >= 4 is 60.3 Å². The van der Waals surface area contributed by atoms with E-state index in [1.807, 2.05) is 60.7 Å². The second kappa shape index (κ2) is 13.3. The van der Waals surface area contributed by atoms with Gasteiger partial charge < -0.3 is 20.7 Å². The van der Waals surface area contributed by atoms with Crippen LogP contribution < -0.4 is 20.5 Å². The molecule has 2 aromatic heterocycles. The molecule has 2 saturated carbocycles. The van der Waals surface area contributed by atoms with Crippen molar-refractivity contribution in [3.05, 3.63) is 60.7 Å². The van der Waals surface area contributed by atoms with E-state index in [0.717, 1.165) is 35.9 Å². The summed E-state index contributed by atoms with van der Waals surface area (Å²) >= 11 is 1.46. The summed E-state index contributed by atoms with van der Waals surface area (Å²) in [6.07, 6.45) is 8.24. The van der Waals surface area contributed by atoms with Crippen LogP contribution in [-0.4, -0.2) is 81.5 Å². The van der Waals surface area contributed by atoms with Crippen LogP contribution in [0.3, 0.4) is 0 Å². The molecule has 13 nitrogen and oxygen atoms in total. The first-order chi connectivity index (χ1) is 24.6. The molecular formula is C36H39N7O6S2. The van der Waals surface area contributed by atoms with Gasteiger partial charge in [0.15, 0.2) is 5.69 Å². The van der Waals surface area contributed by atoms with Crippen molar-refractivity contribution in [2.75, 3.05) is 6.54 Å². The van der Waals surface area contributed by atoms with E-state index in [1.165, 1.54) is 16.2 Å². The number of rotatable bonds is 6. The molecule has 3 amide bonds. The van der Waals surface area contributed by atoms with Gasteiger partial charge in [0.1, 0.15) is 22.7 Å². The Bertz CT molecular complexity index is 2140. The highest BCUT2D eigenvalue weighted by molar-refractivity contribution is 7.91. The van der Waals surface area contributed by atoms with Crippen molar-refractivity contribution in [3.63, 3.8) is 0 Å². The van der Waals surface area contributed by atoms with E-state index >= 15 is 0 Å². The van der Waals surface area contributed by atoms with E-state index in [4.69, 9.17) is 25.4 Å². The largest absolute Gasteiger partial charge is 0.471 e. The fourth-order valence-corrected chi connectivity index (χ4v) is 9.39. The molecule has 4 N–H and O–H groups in total. The predicted octanol–water partition coefficient (Wildman–Crippen LogP) is 3.59. The van der Waals surface area contributed by atoms with Gasteiger partial charge in [-0.25, -0.2) is 23.4 Å². The number of benzene rings is 2. The minimum atomic E-state index is -3.85. The second-order valence-electron chi connectivity index (χ2n) is 14.0. The Morgan fingerprint density at radius 3 is 2.49 bits per heavy atom. The number of hydrogen-bond donors (Lipinski definition) is 3. The average Bonchev–Trinajstić information content (AvgIpc) is 4.01. The third-order valence-electron chi connectivity index (χ3n) is 10.2. The molecule has 1 saturated heterocycles. The first-order valence-corrected chi connectivity index (χ1v) is 19.9. The molecule has 4 aromatic rings. The zero-order chi connectivity index (χ0) is 35.3. The molecule has 0 unspecified atom stereocenters. The van der Waals surface area contributed by atoms with Gasteiger partial charge in [0.05, 0.1) is 39.1 Å². The highest BCUT2D eigenvalue weighted by Gasteiger charge is 2.62. The number of aromatic nitrogens is 3. The molecule has 266 valence electrons. The number of sulfonamides is 1. The average molecular weight is 730 g/mol. The van der Waals surface area contributed by atoms with Gasteiger partial charge in [0.25, 0.3) is 5.91 Å². The molecule has 2 aromatic carbocycles. The van der Waals surface area contributed by atoms with Crippen LogP contribution >= 0.6 is 11.3 Å². The molecule has 15 heteroatoms. The fourth-order valence-electron chi connectivity index (χ4n) is 7.08. The summed E-state index contributed by atoms with van der Waals surface area (Å²) in [7, 11) is -3.85. The normalized spacial score (nSPS) is 27.3. The minimum absolute atomic E-state index is 0.0526. The lowest BCUT2D eigenvalue weighted by molar-refractivity contribution is -0.140. The Morgan fingerprint density at radius 2 is 1.73 bits per heavy atom. The fraction of sp³-hybridized carbons (Fsp3) is 0.444. The van der Waals surface area contributed by atoms with E-state index in [2.05, 4.69) is 10.0 Å². The number of nitrogens with two attached hydrogens (primary N) is 1. The maximum atomic E-state index is 14.2.